The van der Waals surface area contributed by atoms with E-state index in [4.69, 9.17) is 43.5 Å². The summed E-state index contributed by atoms with van der Waals surface area (Å²) in [5.74, 6) is 3.88. The Morgan fingerprint density at radius 1 is 0.268 bits per heavy atom. The molecule has 82 heavy (non-hydrogen) atoms. The van der Waals surface area contributed by atoms with E-state index < -0.39 is 14.7 Å². The maximum atomic E-state index is 6.04. The van der Waals surface area contributed by atoms with Gasteiger partial charge in [-0.3, -0.25) is 0 Å². The van der Waals surface area contributed by atoms with Gasteiger partial charge in [0, 0.05) is 0 Å². The number of aliphatic imine (C=N–C) groups is 4. The Labute approximate surface area is 481 Å². The topological polar surface area (TPSA) is 84.0 Å². The van der Waals surface area contributed by atoms with Gasteiger partial charge in [0.15, 0.2) is 0 Å². The standard InChI is InChI=1S/C72H40N8.BrH.Ga/c1-5-21-41(22-6-1)57-49-33-17-13-29-45(49)37-53-61(57)69-73-65(53)78-70-63-55(39-47-31-15-19-35-51(47)59(63)43-25-9-3-10-26-43)67(75-70)80-72-64-56(40-48-32-16-20-36-52(48)60(64)44-27-11-4-12-28-44)68(76-72)79-71-62-54(66(74-71)77-69)38-46-30-14-18-34-50(46)58(62)42-23-7-2-8-24-42;;/h1-40H;1H;/q-2;;+3/p-1. The fraction of sp³-hybridized carbons (Fsp3) is 0. The molecule has 378 valence electrons. The number of amidine groups is 4. The van der Waals surface area contributed by atoms with Crippen molar-refractivity contribution in [1.29, 1.82) is 0 Å². The third kappa shape index (κ3) is 6.56. The SMILES string of the molecule is [Br][Ga]1[n]2c3c4cc5ccccc5c(-c5ccccc5)c4c2N=C2N=C(N=c4c5cc6ccccc6c(-c6ccccc6)c5c([n]41)=NC1=NC(=N3)c3c1cc1ccccc1c3-c1ccccc1)c1c2cc2ccccc2c1-c1ccccc1. The van der Waals surface area contributed by atoms with Crippen molar-refractivity contribution in [1.82, 2.24) is 6.55 Å². The van der Waals surface area contributed by atoms with Crippen molar-refractivity contribution in [3.63, 3.8) is 0 Å². The molecule has 10 heteroatoms. The van der Waals surface area contributed by atoms with E-state index in [1.54, 1.807) is 0 Å². The molecule has 8 nitrogen and oxygen atoms in total. The Kier molecular flexibility index (Phi) is 9.85. The first-order chi connectivity index (χ1) is 40.6. The Morgan fingerprint density at radius 2 is 0.634 bits per heavy atom. The van der Waals surface area contributed by atoms with Gasteiger partial charge in [0.25, 0.3) is 0 Å². The molecular weight excluding hydrogens is 1130 g/mol. The number of aromatic nitrogens is 2. The molecule has 12 aromatic carbocycles. The van der Waals surface area contributed by atoms with Crippen LogP contribution in [-0.4, -0.2) is 44.6 Å². The van der Waals surface area contributed by atoms with Gasteiger partial charge in [0.05, 0.1) is 0 Å². The second-order valence-electron chi connectivity index (χ2n) is 21.4. The molecule has 0 saturated carbocycles. The van der Waals surface area contributed by atoms with Crippen molar-refractivity contribution < 1.29 is 0 Å². The van der Waals surface area contributed by atoms with Crippen molar-refractivity contribution in [2.24, 2.45) is 30.0 Å². The molecule has 0 fully saturated rings. The van der Waals surface area contributed by atoms with Crippen molar-refractivity contribution in [3.05, 3.63) is 276 Å². The van der Waals surface area contributed by atoms with E-state index in [0.29, 0.717) is 23.3 Å². The van der Waals surface area contributed by atoms with Gasteiger partial charge in [-0.25, -0.2) is 0 Å². The normalized spacial score (nSPS) is 13.9. The quantitative estimate of drug-likeness (QED) is 0.157. The summed E-state index contributed by atoms with van der Waals surface area (Å²) in [6, 6.07) is 86.8. The number of nitrogens with zero attached hydrogens (tertiary/aromatic N) is 8. The van der Waals surface area contributed by atoms with Gasteiger partial charge in [0.1, 0.15) is 0 Å². The van der Waals surface area contributed by atoms with Gasteiger partial charge in [-0.1, -0.05) is 0 Å². The molecule has 0 saturated heterocycles. The second kappa shape index (κ2) is 17.6. The summed E-state index contributed by atoms with van der Waals surface area (Å²) in [7, 11) is 0. The first kappa shape index (κ1) is 46.0. The summed E-state index contributed by atoms with van der Waals surface area (Å²) >= 11 is 0.981. The van der Waals surface area contributed by atoms with Crippen LogP contribution in [0.1, 0.15) is 22.3 Å². The summed E-state index contributed by atoms with van der Waals surface area (Å²) in [5.41, 5.74) is 13.8. The van der Waals surface area contributed by atoms with E-state index in [9.17, 15) is 0 Å². The van der Waals surface area contributed by atoms with E-state index in [1.807, 2.05) is 0 Å². The summed E-state index contributed by atoms with van der Waals surface area (Å²) in [6.45, 7) is 0. The van der Waals surface area contributed by atoms with Crippen molar-refractivity contribution >= 4 is 128 Å². The summed E-state index contributed by atoms with van der Waals surface area (Å²) in [5, 5.41) is 12.7. The zero-order chi connectivity index (χ0) is 53.7. The molecule has 6 heterocycles. The van der Waals surface area contributed by atoms with Gasteiger partial charge in [0.2, 0.25) is 0 Å². The fourth-order valence-corrected chi connectivity index (χ4v) is 21.3. The van der Waals surface area contributed by atoms with Crippen molar-refractivity contribution in [3.8, 4) is 44.5 Å². The second-order valence-corrected chi connectivity index (χ2v) is 29.1. The van der Waals surface area contributed by atoms with Crippen LogP contribution in [0.4, 0.5) is 11.6 Å². The first-order valence-electron chi connectivity index (χ1n) is 27.6. The zero-order valence-corrected chi connectivity index (χ0v) is 47.6. The van der Waals surface area contributed by atoms with E-state index >= 15 is 0 Å². The molecule has 14 aromatic rings. The van der Waals surface area contributed by atoms with Crippen LogP contribution in [0.15, 0.2) is 273 Å². The van der Waals surface area contributed by atoms with Crippen molar-refractivity contribution in [2.75, 3.05) is 0 Å². The minimum absolute atomic E-state index is 0.590. The fourth-order valence-electron chi connectivity index (χ4n) is 13.5. The van der Waals surface area contributed by atoms with Gasteiger partial charge in [-0.15, -0.1) is 0 Å². The van der Waals surface area contributed by atoms with Crippen LogP contribution in [0.25, 0.3) is 109 Å². The van der Waals surface area contributed by atoms with E-state index in [-0.39, 0.29) is 0 Å². The molecular formula is C72H40BrGaN8. The van der Waals surface area contributed by atoms with Crippen LogP contribution in [0, 0.1) is 0 Å². The minimum atomic E-state index is -3.76. The molecule has 4 aliphatic rings. The van der Waals surface area contributed by atoms with Gasteiger partial charge < -0.3 is 0 Å². The molecule has 18 rings (SSSR count). The molecule has 2 aromatic heterocycles. The molecule has 0 aliphatic carbocycles. The average molecular weight is 1170 g/mol. The molecule has 0 amide bonds. The van der Waals surface area contributed by atoms with Crippen LogP contribution in [0.3, 0.4) is 0 Å². The maximum absolute atomic E-state index is 6.04. The molecule has 0 radical (unpaired) electrons. The number of rotatable bonds is 4. The molecule has 4 aliphatic heterocycles. The Balaban J connectivity index is 1.12. The molecule has 0 N–H and O–H groups in total. The van der Waals surface area contributed by atoms with Gasteiger partial charge >= 0.3 is 485 Å². The van der Waals surface area contributed by atoms with Crippen molar-refractivity contribution in [2.45, 2.75) is 0 Å². The number of benzene rings is 12. The number of halogens is 1. The Morgan fingerprint density at radius 3 is 1.15 bits per heavy atom. The van der Waals surface area contributed by atoms with Gasteiger partial charge in [-0.2, -0.15) is 0 Å². The monoisotopic (exact) mass is 1160 g/mol. The predicted octanol–water partition coefficient (Wildman–Crippen LogP) is 16.6. The predicted molar refractivity (Wildman–Crippen MR) is 342 cm³/mol. The van der Waals surface area contributed by atoms with E-state index in [1.165, 1.54) is 0 Å². The van der Waals surface area contributed by atoms with Crippen LogP contribution < -0.4 is 11.0 Å². The van der Waals surface area contributed by atoms with Gasteiger partial charge in [-0.05, 0) is 0 Å². The molecule has 6 bridgehead atoms. The van der Waals surface area contributed by atoms with Crippen LogP contribution in [0.2, 0.25) is 0 Å². The summed E-state index contributed by atoms with van der Waals surface area (Å²) in [4.78, 5) is 35.6. The van der Waals surface area contributed by atoms with Crippen LogP contribution >= 0.6 is 13.6 Å². The molecule has 0 unspecified atom stereocenters. The third-order valence-corrected chi connectivity index (χ3v) is 25.0. The summed E-state index contributed by atoms with van der Waals surface area (Å²) < 4.78 is 4.89. The van der Waals surface area contributed by atoms with E-state index in [0.717, 1.165) is 154 Å². The first-order valence-corrected chi connectivity index (χ1v) is 35.4. The third-order valence-electron chi connectivity index (χ3n) is 16.9. The number of fused-ring (bicyclic) bond motifs is 18. The number of hydrogen-bond acceptors (Lipinski definition) is 6. The molecule has 0 spiro atoms. The number of hydrogen-bond donors (Lipinski definition) is 0. The zero-order valence-electron chi connectivity index (χ0n) is 43.6. The Bertz CT molecular complexity index is 5450. The van der Waals surface area contributed by atoms with E-state index in [2.05, 4.69) is 249 Å². The Hall–Kier alpha value is -9.84. The van der Waals surface area contributed by atoms with Crippen LogP contribution in [-0.2, 0) is 0 Å². The average Bonchev–Trinajstić information content (AvgIpc) is 2.85. The summed E-state index contributed by atoms with van der Waals surface area (Å²) in [6.07, 6.45) is 0. The van der Waals surface area contributed by atoms with Crippen LogP contribution in [0.5, 0.6) is 0 Å². The molecule has 0 atom stereocenters.